The molecule has 1 radical (unpaired) electrons. The zero-order chi connectivity index (χ0) is 19.6. The third kappa shape index (κ3) is 4.73. The van der Waals surface area contributed by atoms with E-state index in [-0.39, 0.29) is 0 Å². The summed E-state index contributed by atoms with van der Waals surface area (Å²) in [7, 11) is 2.50. The van der Waals surface area contributed by atoms with E-state index in [4.69, 9.17) is 0 Å². The summed E-state index contributed by atoms with van der Waals surface area (Å²) in [6, 6.07) is 4.89. The van der Waals surface area contributed by atoms with Crippen molar-refractivity contribution in [1.82, 2.24) is 0 Å². The van der Waals surface area contributed by atoms with E-state index in [0.717, 1.165) is 6.42 Å². The fourth-order valence-electron chi connectivity index (χ4n) is 4.16. The molecule has 0 aromatic heterocycles. The second kappa shape index (κ2) is 8.64. The van der Waals surface area contributed by atoms with Crippen molar-refractivity contribution >= 4 is 12.7 Å². The summed E-state index contributed by atoms with van der Waals surface area (Å²) >= 11 is 0. The Labute approximate surface area is 163 Å². The van der Waals surface area contributed by atoms with Crippen LogP contribution in [0.25, 0.3) is 0 Å². The van der Waals surface area contributed by atoms with Crippen LogP contribution in [0.2, 0.25) is 5.82 Å². The van der Waals surface area contributed by atoms with Gasteiger partial charge in [-0.15, -0.1) is 0 Å². The van der Waals surface area contributed by atoms with E-state index < -0.39 is 0 Å². The van der Waals surface area contributed by atoms with Crippen molar-refractivity contribution in [2.24, 2.45) is 11.8 Å². The highest BCUT2D eigenvalue weighted by Gasteiger charge is 2.22. The Kier molecular flexibility index (Phi) is 7.00. The molecule has 1 aromatic rings. The van der Waals surface area contributed by atoms with Gasteiger partial charge >= 0.3 is 0 Å². The lowest BCUT2D eigenvalue weighted by atomic mass is 9.54. The van der Waals surface area contributed by atoms with Gasteiger partial charge in [-0.05, 0) is 65.1 Å². The third-order valence-corrected chi connectivity index (χ3v) is 5.69. The van der Waals surface area contributed by atoms with E-state index in [2.05, 4.69) is 93.9 Å². The van der Waals surface area contributed by atoms with Gasteiger partial charge in [-0.25, -0.2) is 0 Å². The molecule has 0 saturated carbocycles. The lowest BCUT2D eigenvalue weighted by Crippen LogP contribution is -2.25. The average Bonchev–Trinajstić information content (AvgIpc) is 2.55. The summed E-state index contributed by atoms with van der Waals surface area (Å²) in [5, 5.41) is 0. The van der Waals surface area contributed by atoms with Crippen molar-refractivity contribution in [3.05, 3.63) is 52.1 Å². The predicted molar refractivity (Wildman–Crippen MR) is 119 cm³/mol. The highest BCUT2D eigenvalue weighted by molar-refractivity contribution is 6.56. The molecule has 0 aliphatic heterocycles. The third-order valence-electron chi connectivity index (χ3n) is 5.69. The lowest BCUT2D eigenvalue weighted by molar-refractivity contribution is 0.680. The zero-order valence-electron chi connectivity index (χ0n) is 18.5. The number of rotatable bonds is 6. The minimum atomic E-state index is 0.513. The Bertz CT molecular complexity index is 686. The second-order valence-corrected chi connectivity index (χ2v) is 9.30. The molecule has 1 atom stereocenters. The van der Waals surface area contributed by atoms with Crippen molar-refractivity contribution in [2.75, 3.05) is 0 Å². The van der Waals surface area contributed by atoms with Crippen LogP contribution in [0.4, 0.5) is 0 Å². The molecular weight excluding hydrogens is 311 g/mol. The first kappa shape index (κ1) is 21.1. The van der Waals surface area contributed by atoms with Gasteiger partial charge in [0.2, 0.25) is 0 Å². The van der Waals surface area contributed by atoms with Gasteiger partial charge in [-0.2, -0.15) is 0 Å². The van der Waals surface area contributed by atoms with E-state index in [9.17, 15) is 0 Å². The maximum atomic E-state index is 2.53. The molecule has 1 heteroatoms. The molecule has 2 rings (SSSR count). The van der Waals surface area contributed by atoms with Crippen molar-refractivity contribution in [3.8, 4) is 0 Å². The van der Waals surface area contributed by atoms with E-state index >= 15 is 0 Å². The Morgan fingerprint density at radius 2 is 1.31 bits per heavy atom. The lowest BCUT2D eigenvalue weighted by Gasteiger charge is -2.27. The van der Waals surface area contributed by atoms with Gasteiger partial charge in [0, 0.05) is 0 Å². The van der Waals surface area contributed by atoms with Gasteiger partial charge in [0.15, 0.2) is 7.28 Å². The van der Waals surface area contributed by atoms with E-state index in [1.165, 1.54) is 22.2 Å². The number of hydrogen-bond acceptors (Lipinski definition) is 0. The fraction of sp³-hybridized carbons (Fsp3) is 0.600. The quantitative estimate of drug-likeness (QED) is 0.489. The van der Waals surface area contributed by atoms with Crippen LogP contribution < -0.4 is 5.46 Å². The SMILES string of the molecule is Cc1cc(C(C)C)c(C(C)C)cc1[B]C1C=C(C(C)C)C(C(C)C)=CC1. The van der Waals surface area contributed by atoms with Crippen LogP contribution in [0.1, 0.15) is 90.3 Å². The van der Waals surface area contributed by atoms with Crippen LogP contribution in [-0.4, -0.2) is 7.28 Å². The standard InChI is InChI=1S/C25H38B/c1-15(2)21-11-10-20(13-23(21)17(5)6)26-25-14-24(18(7)8)22(16(3)4)12-19(25)9/h11-18,20H,10H2,1-9H3. The predicted octanol–water partition coefficient (Wildman–Crippen LogP) is 6.93. The molecule has 141 valence electrons. The fourth-order valence-corrected chi connectivity index (χ4v) is 4.16. The molecule has 26 heavy (non-hydrogen) atoms. The van der Waals surface area contributed by atoms with Crippen LogP contribution in [-0.2, 0) is 0 Å². The topological polar surface area (TPSA) is 0 Å². The summed E-state index contributed by atoms with van der Waals surface area (Å²) < 4.78 is 0. The van der Waals surface area contributed by atoms with Crippen molar-refractivity contribution < 1.29 is 0 Å². The summed E-state index contributed by atoms with van der Waals surface area (Å²) in [5.41, 5.74) is 8.96. The zero-order valence-corrected chi connectivity index (χ0v) is 18.5. The van der Waals surface area contributed by atoms with Gasteiger partial charge in [0.25, 0.3) is 0 Å². The van der Waals surface area contributed by atoms with Crippen LogP contribution in [0.15, 0.2) is 35.4 Å². The molecule has 0 heterocycles. The van der Waals surface area contributed by atoms with Gasteiger partial charge < -0.3 is 0 Å². The monoisotopic (exact) mass is 349 g/mol. The van der Waals surface area contributed by atoms with Crippen LogP contribution >= 0.6 is 0 Å². The molecule has 0 saturated heterocycles. The molecule has 1 unspecified atom stereocenters. The van der Waals surface area contributed by atoms with Gasteiger partial charge in [0.1, 0.15) is 0 Å². The van der Waals surface area contributed by atoms with Gasteiger partial charge in [0.05, 0.1) is 0 Å². The molecule has 0 spiro atoms. The van der Waals surface area contributed by atoms with Crippen molar-refractivity contribution in [3.63, 3.8) is 0 Å². The first-order chi connectivity index (χ1) is 12.1. The van der Waals surface area contributed by atoms with Crippen LogP contribution in [0, 0.1) is 18.8 Å². The van der Waals surface area contributed by atoms with Crippen molar-refractivity contribution in [1.29, 1.82) is 0 Å². The Morgan fingerprint density at radius 1 is 0.769 bits per heavy atom. The molecule has 0 N–H and O–H groups in total. The summed E-state index contributed by atoms with van der Waals surface area (Å²) in [4.78, 5) is 0. The minimum absolute atomic E-state index is 0.513. The van der Waals surface area contributed by atoms with Crippen molar-refractivity contribution in [2.45, 2.75) is 86.4 Å². The highest BCUT2D eigenvalue weighted by Crippen LogP contribution is 2.35. The molecular formula is C25H38B. The van der Waals surface area contributed by atoms with Crippen LogP contribution in [0.3, 0.4) is 0 Å². The summed E-state index contributed by atoms with van der Waals surface area (Å²) in [6.07, 6.45) is 6.15. The van der Waals surface area contributed by atoms with E-state index in [0.29, 0.717) is 29.5 Å². The first-order valence-electron chi connectivity index (χ1n) is 10.5. The molecule has 0 amide bonds. The second-order valence-electron chi connectivity index (χ2n) is 9.30. The molecule has 1 aliphatic carbocycles. The smallest absolute Gasteiger partial charge is 0.0848 e. The molecule has 0 nitrogen and oxygen atoms in total. The molecule has 0 fully saturated rings. The number of allylic oxidation sites excluding steroid dienone is 4. The Morgan fingerprint density at radius 3 is 1.81 bits per heavy atom. The molecule has 1 aliphatic rings. The Hall–Kier alpha value is -1.24. The van der Waals surface area contributed by atoms with E-state index in [1.54, 1.807) is 11.1 Å². The van der Waals surface area contributed by atoms with Crippen LogP contribution in [0.5, 0.6) is 0 Å². The molecule has 0 bridgehead atoms. The maximum Gasteiger partial charge on any atom is 0.160 e. The van der Waals surface area contributed by atoms with Gasteiger partial charge in [-0.1, -0.05) is 90.7 Å². The van der Waals surface area contributed by atoms with E-state index in [1.807, 2.05) is 0 Å². The minimum Gasteiger partial charge on any atom is -0.0848 e. The summed E-state index contributed by atoms with van der Waals surface area (Å²) in [6.45, 7) is 20.8. The number of benzene rings is 1. The Balaban J connectivity index is 2.33. The number of aryl methyl sites for hydroxylation is 1. The summed E-state index contributed by atoms with van der Waals surface area (Å²) in [5.74, 6) is 2.87. The average molecular weight is 349 g/mol. The van der Waals surface area contributed by atoms with Gasteiger partial charge in [-0.3, -0.25) is 0 Å². The first-order valence-corrected chi connectivity index (χ1v) is 10.5. The largest absolute Gasteiger partial charge is 0.160 e. The normalized spacial score (nSPS) is 18.0. The highest BCUT2D eigenvalue weighted by atomic mass is 14.2. The molecule has 1 aromatic carbocycles. The maximum absolute atomic E-state index is 2.53. The number of hydrogen-bond donors (Lipinski definition) is 0.